The highest BCUT2D eigenvalue weighted by atomic mass is 16.5. The predicted octanol–water partition coefficient (Wildman–Crippen LogP) is 2.26. The number of anilines is 1. The zero-order valence-corrected chi connectivity index (χ0v) is 11.3. The number of morpholine rings is 1. The molecule has 2 aromatic rings. The van der Waals surface area contributed by atoms with Crippen LogP contribution in [0, 0.1) is 0 Å². The molecule has 1 N–H and O–H groups in total. The second-order valence-corrected chi connectivity index (χ2v) is 5.14. The summed E-state index contributed by atoms with van der Waals surface area (Å²) >= 11 is 0. The van der Waals surface area contributed by atoms with Crippen molar-refractivity contribution in [3.05, 3.63) is 42.5 Å². The number of benzene rings is 2. The number of fused-ring (bicyclic) bond motifs is 1. The molecule has 100 valence electrons. The van der Waals surface area contributed by atoms with E-state index in [2.05, 4.69) is 59.7 Å². The topological polar surface area (TPSA) is 24.5 Å². The van der Waals surface area contributed by atoms with E-state index in [1.807, 2.05) is 0 Å². The minimum Gasteiger partial charge on any atom is -0.378 e. The molecule has 1 saturated heterocycles. The molecule has 2 aromatic carbocycles. The molecule has 1 atom stereocenters. The van der Waals surface area contributed by atoms with Crippen molar-refractivity contribution < 1.29 is 4.74 Å². The van der Waals surface area contributed by atoms with Gasteiger partial charge in [0.25, 0.3) is 0 Å². The van der Waals surface area contributed by atoms with Crippen molar-refractivity contribution in [1.82, 2.24) is 5.32 Å². The lowest BCUT2D eigenvalue weighted by atomic mass is 10.1. The highest BCUT2D eigenvalue weighted by molar-refractivity contribution is 5.85. The quantitative estimate of drug-likeness (QED) is 0.911. The van der Waals surface area contributed by atoms with E-state index in [-0.39, 0.29) is 0 Å². The van der Waals surface area contributed by atoms with Crippen molar-refractivity contribution in [1.29, 1.82) is 0 Å². The molecule has 0 spiro atoms. The summed E-state index contributed by atoms with van der Waals surface area (Å²) in [6.45, 7) is 3.56. The zero-order valence-electron chi connectivity index (χ0n) is 11.3. The third-order valence-electron chi connectivity index (χ3n) is 3.67. The highest BCUT2D eigenvalue weighted by Crippen LogP contribution is 2.21. The van der Waals surface area contributed by atoms with Crippen LogP contribution in [-0.2, 0) is 4.74 Å². The number of hydrogen-bond acceptors (Lipinski definition) is 3. The molecule has 1 fully saturated rings. The van der Waals surface area contributed by atoms with Crippen LogP contribution in [0.5, 0.6) is 0 Å². The number of nitrogens with zero attached hydrogens (tertiary/aromatic N) is 1. The van der Waals surface area contributed by atoms with Gasteiger partial charge in [0.15, 0.2) is 0 Å². The first-order chi connectivity index (χ1) is 9.33. The van der Waals surface area contributed by atoms with Crippen LogP contribution in [0.4, 0.5) is 5.69 Å². The fourth-order valence-corrected chi connectivity index (χ4v) is 2.59. The Morgan fingerprint density at radius 1 is 1.21 bits per heavy atom. The van der Waals surface area contributed by atoms with Gasteiger partial charge in [-0.3, -0.25) is 0 Å². The van der Waals surface area contributed by atoms with Crippen LogP contribution in [0.1, 0.15) is 0 Å². The lowest BCUT2D eigenvalue weighted by Gasteiger charge is -2.29. The van der Waals surface area contributed by atoms with Crippen molar-refractivity contribution >= 4 is 16.5 Å². The lowest BCUT2D eigenvalue weighted by molar-refractivity contribution is 0.0791. The van der Waals surface area contributed by atoms with Gasteiger partial charge in [-0.05, 0) is 22.9 Å². The Morgan fingerprint density at radius 2 is 2.05 bits per heavy atom. The molecule has 0 saturated carbocycles. The molecule has 19 heavy (non-hydrogen) atoms. The van der Waals surface area contributed by atoms with E-state index in [4.69, 9.17) is 4.74 Å². The van der Waals surface area contributed by atoms with E-state index in [0.717, 1.165) is 26.3 Å². The zero-order chi connectivity index (χ0) is 13.1. The van der Waals surface area contributed by atoms with Crippen LogP contribution in [-0.4, -0.2) is 39.4 Å². The first-order valence-corrected chi connectivity index (χ1v) is 6.84. The molecule has 3 heteroatoms. The molecule has 1 unspecified atom stereocenters. The first kappa shape index (κ1) is 12.5. The van der Waals surface area contributed by atoms with Crippen molar-refractivity contribution in [2.45, 2.75) is 6.04 Å². The maximum Gasteiger partial charge on any atom is 0.0637 e. The first-order valence-electron chi connectivity index (χ1n) is 6.84. The molecule has 3 rings (SSSR count). The van der Waals surface area contributed by atoms with Crippen LogP contribution in [0.15, 0.2) is 42.5 Å². The molecule has 0 amide bonds. The van der Waals surface area contributed by atoms with E-state index in [1.165, 1.54) is 16.5 Å². The maximum absolute atomic E-state index is 5.50. The summed E-state index contributed by atoms with van der Waals surface area (Å²) in [5, 5.41) is 6.07. The Balaban J connectivity index is 1.75. The molecule has 0 aromatic heterocycles. The van der Waals surface area contributed by atoms with Crippen LogP contribution in [0.25, 0.3) is 10.8 Å². The summed E-state index contributed by atoms with van der Waals surface area (Å²) < 4.78 is 5.50. The average molecular weight is 256 g/mol. The summed E-state index contributed by atoms with van der Waals surface area (Å²) in [5.41, 5.74) is 1.26. The molecule has 1 heterocycles. The van der Waals surface area contributed by atoms with Crippen molar-refractivity contribution in [2.75, 3.05) is 38.3 Å². The molecular weight excluding hydrogens is 236 g/mol. The summed E-state index contributed by atoms with van der Waals surface area (Å²) in [4.78, 5) is 2.29. The van der Waals surface area contributed by atoms with E-state index in [1.54, 1.807) is 0 Å². The van der Waals surface area contributed by atoms with E-state index in [0.29, 0.717) is 6.04 Å². The minimum absolute atomic E-state index is 0.422. The number of rotatable bonds is 3. The Kier molecular flexibility index (Phi) is 3.67. The summed E-state index contributed by atoms with van der Waals surface area (Å²) in [6, 6.07) is 15.5. The van der Waals surface area contributed by atoms with Gasteiger partial charge in [0, 0.05) is 31.9 Å². The van der Waals surface area contributed by atoms with Crippen molar-refractivity contribution in [2.24, 2.45) is 0 Å². The molecule has 1 aliphatic heterocycles. The third kappa shape index (κ3) is 2.88. The standard InChI is InChI=1S/C16H20N2O/c1-18(11-15-12-19-9-8-17-15)16-7-6-13-4-2-3-5-14(13)10-16/h2-7,10,15,17H,8-9,11-12H2,1H3. The van der Waals surface area contributed by atoms with Crippen molar-refractivity contribution in [3.63, 3.8) is 0 Å². The van der Waals surface area contributed by atoms with Gasteiger partial charge in [0.2, 0.25) is 0 Å². The molecule has 1 aliphatic rings. The van der Waals surface area contributed by atoms with Gasteiger partial charge in [0.05, 0.1) is 13.2 Å². The molecule has 0 aliphatic carbocycles. The molecule has 3 nitrogen and oxygen atoms in total. The number of nitrogens with one attached hydrogen (secondary N) is 1. The molecule has 0 radical (unpaired) electrons. The highest BCUT2D eigenvalue weighted by Gasteiger charge is 2.15. The largest absolute Gasteiger partial charge is 0.378 e. The predicted molar refractivity (Wildman–Crippen MR) is 79.8 cm³/mol. The van der Waals surface area contributed by atoms with Gasteiger partial charge in [-0.2, -0.15) is 0 Å². The summed E-state index contributed by atoms with van der Waals surface area (Å²) in [7, 11) is 2.14. The minimum atomic E-state index is 0.422. The fraction of sp³-hybridized carbons (Fsp3) is 0.375. The van der Waals surface area contributed by atoms with Crippen LogP contribution in [0.2, 0.25) is 0 Å². The second kappa shape index (κ2) is 5.59. The van der Waals surface area contributed by atoms with E-state index >= 15 is 0 Å². The monoisotopic (exact) mass is 256 g/mol. The lowest BCUT2D eigenvalue weighted by Crippen LogP contribution is -2.47. The Morgan fingerprint density at radius 3 is 2.84 bits per heavy atom. The average Bonchev–Trinajstić information content (AvgIpc) is 2.48. The van der Waals surface area contributed by atoms with Gasteiger partial charge in [0.1, 0.15) is 0 Å². The van der Waals surface area contributed by atoms with Gasteiger partial charge in [-0.1, -0.05) is 30.3 Å². The van der Waals surface area contributed by atoms with Gasteiger partial charge in [-0.25, -0.2) is 0 Å². The smallest absolute Gasteiger partial charge is 0.0637 e. The SMILES string of the molecule is CN(CC1COCCN1)c1ccc2ccccc2c1. The van der Waals surface area contributed by atoms with Crippen molar-refractivity contribution in [3.8, 4) is 0 Å². The fourth-order valence-electron chi connectivity index (χ4n) is 2.59. The Labute approximate surface area is 114 Å². The van der Waals surface area contributed by atoms with Gasteiger partial charge < -0.3 is 15.0 Å². The van der Waals surface area contributed by atoms with Crippen LogP contribution in [0.3, 0.4) is 0 Å². The molecule has 0 bridgehead atoms. The number of hydrogen-bond donors (Lipinski definition) is 1. The third-order valence-corrected chi connectivity index (χ3v) is 3.67. The van der Waals surface area contributed by atoms with Gasteiger partial charge in [-0.15, -0.1) is 0 Å². The van der Waals surface area contributed by atoms with Crippen LogP contribution >= 0.6 is 0 Å². The van der Waals surface area contributed by atoms with E-state index < -0.39 is 0 Å². The second-order valence-electron chi connectivity index (χ2n) is 5.14. The maximum atomic E-state index is 5.50. The van der Waals surface area contributed by atoms with Crippen LogP contribution < -0.4 is 10.2 Å². The Hall–Kier alpha value is -1.58. The molecular formula is C16H20N2O. The number of likely N-dealkylation sites (N-methyl/N-ethyl adjacent to an activating group) is 1. The summed E-state index contributed by atoms with van der Waals surface area (Å²) in [5.74, 6) is 0. The summed E-state index contributed by atoms with van der Waals surface area (Å²) in [6.07, 6.45) is 0. The number of ether oxygens (including phenoxy) is 1. The van der Waals surface area contributed by atoms with E-state index in [9.17, 15) is 0 Å². The normalized spacial score (nSPS) is 19.5. The Bertz CT molecular complexity index is 549. The van der Waals surface area contributed by atoms with Gasteiger partial charge >= 0.3 is 0 Å².